The van der Waals surface area contributed by atoms with E-state index in [0.29, 0.717) is 22.3 Å². The number of carbonyl (C=O) groups is 1. The maximum absolute atomic E-state index is 13.7. The third-order valence-electron chi connectivity index (χ3n) is 5.92. The number of benzene rings is 4. The Labute approximate surface area is 194 Å². The van der Waals surface area contributed by atoms with Crippen molar-refractivity contribution in [3.8, 4) is 16.9 Å². The van der Waals surface area contributed by atoms with Crippen LogP contribution in [0.1, 0.15) is 16.7 Å². The summed E-state index contributed by atoms with van der Waals surface area (Å²) in [6.45, 7) is 0.292. The highest BCUT2D eigenvalue weighted by Gasteiger charge is 2.52. The zero-order valence-corrected chi connectivity index (χ0v) is 18.7. The summed E-state index contributed by atoms with van der Waals surface area (Å²) in [5, 5.41) is 22.3. The van der Waals surface area contributed by atoms with Gasteiger partial charge in [0.05, 0.1) is 12.2 Å². The molecule has 1 unspecified atom stereocenters. The van der Waals surface area contributed by atoms with E-state index in [0.717, 1.165) is 16.7 Å². The van der Waals surface area contributed by atoms with Gasteiger partial charge >= 0.3 is 0 Å². The van der Waals surface area contributed by atoms with Crippen LogP contribution in [0.15, 0.2) is 102 Å². The van der Waals surface area contributed by atoms with Gasteiger partial charge in [-0.25, -0.2) is 0 Å². The largest absolute Gasteiger partial charge is 0.507 e. The molecule has 0 aromatic heterocycles. The maximum atomic E-state index is 13.7. The minimum absolute atomic E-state index is 0.142. The number of para-hydroxylation sites is 1. The molecule has 1 heterocycles. The van der Waals surface area contributed by atoms with Crippen molar-refractivity contribution >= 4 is 27.5 Å². The molecule has 0 saturated heterocycles. The first-order valence-corrected chi connectivity index (χ1v) is 11.1. The van der Waals surface area contributed by atoms with E-state index in [4.69, 9.17) is 0 Å². The lowest BCUT2D eigenvalue weighted by atomic mass is 9.87. The molecule has 4 aromatic carbocycles. The van der Waals surface area contributed by atoms with Crippen molar-refractivity contribution in [1.29, 1.82) is 0 Å². The van der Waals surface area contributed by atoms with Crippen LogP contribution in [-0.4, -0.2) is 16.1 Å². The van der Waals surface area contributed by atoms with Crippen LogP contribution in [-0.2, 0) is 16.9 Å². The molecule has 0 radical (unpaired) electrons. The van der Waals surface area contributed by atoms with Crippen molar-refractivity contribution in [3.63, 3.8) is 0 Å². The Bertz CT molecular complexity index is 1320. The summed E-state index contributed by atoms with van der Waals surface area (Å²) in [5.74, 6) is -0.629. The predicted octanol–water partition coefficient (Wildman–Crippen LogP) is 5.60. The van der Waals surface area contributed by atoms with Crippen LogP contribution < -0.4 is 4.90 Å². The first-order valence-electron chi connectivity index (χ1n) is 10.3. The summed E-state index contributed by atoms with van der Waals surface area (Å²) < 4.78 is 0.662. The number of hydrogen-bond acceptors (Lipinski definition) is 3. The zero-order chi connectivity index (χ0) is 22.3. The smallest absolute Gasteiger partial charge is 0.268 e. The van der Waals surface area contributed by atoms with E-state index in [1.54, 1.807) is 29.2 Å². The Morgan fingerprint density at radius 1 is 0.812 bits per heavy atom. The highest BCUT2D eigenvalue weighted by molar-refractivity contribution is 9.10. The summed E-state index contributed by atoms with van der Waals surface area (Å²) in [6.07, 6.45) is 0. The second-order valence-corrected chi connectivity index (χ2v) is 8.72. The van der Waals surface area contributed by atoms with Gasteiger partial charge in [-0.15, -0.1) is 0 Å². The Morgan fingerprint density at radius 2 is 1.50 bits per heavy atom. The van der Waals surface area contributed by atoms with Crippen LogP contribution in [0, 0.1) is 0 Å². The highest BCUT2D eigenvalue weighted by Crippen LogP contribution is 2.48. The molecule has 1 aliphatic rings. The normalized spacial score (nSPS) is 17.4. The van der Waals surface area contributed by atoms with Crippen LogP contribution in [0.3, 0.4) is 0 Å². The van der Waals surface area contributed by atoms with E-state index in [1.807, 2.05) is 66.7 Å². The first-order chi connectivity index (χ1) is 15.5. The lowest BCUT2D eigenvalue weighted by Gasteiger charge is -2.25. The van der Waals surface area contributed by atoms with Gasteiger partial charge in [0.25, 0.3) is 5.91 Å². The SMILES string of the molecule is O=C1N(Cc2ccccc2-c2ccccc2)c2ccccc2C1(O)c1ccc(Br)cc1O. The van der Waals surface area contributed by atoms with E-state index in [2.05, 4.69) is 15.9 Å². The number of halogens is 1. The molecule has 1 amide bonds. The second-order valence-electron chi connectivity index (χ2n) is 7.80. The number of hydrogen-bond donors (Lipinski definition) is 2. The van der Waals surface area contributed by atoms with Gasteiger partial charge in [-0.3, -0.25) is 4.79 Å². The number of phenolic OH excluding ortho intramolecular Hbond substituents is 1. The lowest BCUT2D eigenvalue weighted by molar-refractivity contribution is -0.132. The van der Waals surface area contributed by atoms with Gasteiger partial charge in [-0.05, 0) is 34.9 Å². The molecular formula is C27H20BrNO3. The molecular weight excluding hydrogens is 466 g/mol. The van der Waals surface area contributed by atoms with Crippen molar-refractivity contribution in [1.82, 2.24) is 0 Å². The lowest BCUT2D eigenvalue weighted by Crippen LogP contribution is -2.41. The fourth-order valence-corrected chi connectivity index (χ4v) is 4.74. The highest BCUT2D eigenvalue weighted by atomic mass is 79.9. The van der Waals surface area contributed by atoms with Crippen molar-refractivity contribution < 1.29 is 15.0 Å². The Kier molecular flexibility index (Phi) is 5.08. The van der Waals surface area contributed by atoms with Crippen molar-refractivity contribution in [2.24, 2.45) is 0 Å². The fraction of sp³-hybridized carbons (Fsp3) is 0.0741. The summed E-state index contributed by atoms with van der Waals surface area (Å²) >= 11 is 3.32. The van der Waals surface area contributed by atoms with Crippen LogP contribution in [0.25, 0.3) is 11.1 Å². The molecule has 0 spiro atoms. The maximum Gasteiger partial charge on any atom is 0.268 e. The average molecular weight is 486 g/mol. The third kappa shape index (κ3) is 3.22. The van der Waals surface area contributed by atoms with E-state index < -0.39 is 11.5 Å². The number of amides is 1. The number of fused-ring (bicyclic) bond motifs is 1. The summed E-state index contributed by atoms with van der Waals surface area (Å²) in [4.78, 5) is 15.3. The minimum atomic E-state index is -1.97. The monoisotopic (exact) mass is 485 g/mol. The van der Waals surface area contributed by atoms with Gasteiger partial charge < -0.3 is 15.1 Å². The number of aromatic hydroxyl groups is 1. The van der Waals surface area contributed by atoms with Crippen molar-refractivity contribution in [2.75, 3.05) is 4.90 Å². The summed E-state index contributed by atoms with van der Waals surface area (Å²) in [6, 6.07) is 29.9. The molecule has 1 atom stereocenters. The molecule has 0 bridgehead atoms. The average Bonchev–Trinajstić information content (AvgIpc) is 3.02. The Hall–Kier alpha value is -3.41. The number of aliphatic hydroxyl groups is 1. The van der Waals surface area contributed by atoms with Crippen LogP contribution in [0.5, 0.6) is 5.75 Å². The number of phenols is 1. The molecule has 4 aromatic rings. The molecule has 32 heavy (non-hydrogen) atoms. The quantitative estimate of drug-likeness (QED) is 0.395. The first kappa shape index (κ1) is 20.5. The molecule has 0 fully saturated rings. The van der Waals surface area contributed by atoms with Gasteiger partial charge in [0.15, 0.2) is 5.60 Å². The Balaban J connectivity index is 1.62. The van der Waals surface area contributed by atoms with Crippen LogP contribution in [0.4, 0.5) is 5.69 Å². The van der Waals surface area contributed by atoms with Crippen molar-refractivity contribution in [2.45, 2.75) is 12.1 Å². The Morgan fingerprint density at radius 3 is 2.28 bits per heavy atom. The van der Waals surface area contributed by atoms with E-state index in [1.165, 1.54) is 6.07 Å². The summed E-state index contributed by atoms with van der Waals surface area (Å²) in [7, 11) is 0. The zero-order valence-electron chi connectivity index (χ0n) is 17.1. The van der Waals surface area contributed by atoms with Gasteiger partial charge in [-0.2, -0.15) is 0 Å². The molecule has 158 valence electrons. The second kappa shape index (κ2) is 7.93. The number of nitrogens with zero attached hydrogens (tertiary/aromatic N) is 1. The molecule has 1 aliphatic heterocycles. The number of rotatable bonds is 4. The van der Waals surface area contributed by atoms with Gasteiger partial charge in [0.1, 0.15) is 5.75 Å². The number of carbonyl (C=O) groups excluding carboxylic acids is 1. The van der Waals surface area contributed by atoms with E-state index in [-0.39, 0.29) is 11.3 Å². The fourth-order valence-electron chi connectivity index (χ4n) is 4.39. The van der Waals surface area contributed by atoms with Gasteiger partial charge in [-0.1, -0.05) is 94.8 Å². The molecule has 5 rings (SSSR count). The molecule has 2 N–H and O–H groups in total. The van der Waals surface area contributed by atoms with Gasteiger partial charge in [0.2, 0.25) is 0 Å². The standard InChI is InChI=1S/C27H20BrNO3/c28-20-14-15-23(25(30)16-20)27(32)22-12-6-7-13-24(22)29(26(27)31)17-19-10-4-5-11-21(19)18-8-2-1-3-9-18/h1-16,30,32H,17H2. The number of anilines is 1. The van der Waals surface area contributed by atoms with Crippen LogP contribution >= 0.6 is 15.9 Å². The molecule has 4 nitrogen and oxygen atoms in total. The van der Waals surface area contributed by atoms with Crippen molar-refractivity contribution in [3.05, 3.63) is 118 Å². The molecule has 0 saturated carbocycles. The third-order valence-corrected chi connectivity index (χ3v) is 6.41. The van der Waals surface area contributed by atoms with E-state index >= 15 is 0 Å². The molecule has 0 aliphatic carbocycles. The predicted molar refractivity (Wildman–Crippen MR) is 128 cm³/mol. The van der Waals surface area contributed by atoms with Gasteiger partial charge in [0, 0.05) is 15.6 Å². The van der Waals surface area contributed by atoms with E-state index in [9.17, 15) is 15.0 Å². The molecule has 5 heteroatoms. The van der Waals surface area contributed by atoms with Crippen LogP contribution in [0.2, 0.25) is 0 Å². The topological polar surface area (TPSA) is 60.8 Å². The minimum Gasteiger partial charge on any atom is -0.507 e. The summed E-state index contributed by atoms with van der Waals surface area (Å²) in [5.41, 5.74) is 2.33.